The summed E-state index contributed by atoms with van der Waals surface area (Å²) in [6.07, 6.45) is 0. The van der Waals surface area contributed by atoms with Crippen molar-refractivity contribution >= 4 is 5.91 Å². The average Bonchev–Trinajstić information content (AvgIpc) is 2.89. The maximum Gasteiger partial charge on any atom is 0.231 e. The number of hydrogen-bond donors (Lipinski definition) is 1. The van der Waals surface area contributed by atoms with Gasteiger partial charge in [-0.25, -0.2) is 4.39 Å². The minimum atomic E-state index is -0.793. The van der Waals surface area contributed by atoms with Crippen molar-refractivity contribution < 1.29 is 18.3 Å². The molecule has 0 bridgehead atoms. The van der Waals surface area contributed by atoms with Crippen molar-refractivity contribution in [3.8, 4) is 0 Å². The minimum Gasteiger partial charge on any atom is -0.466 e. The summed E-state index contributed by atoms with van der Waals surface area (Å²) in [7, 11) is 0. The zero-order valence-corrected chi connectivity index (χ0v) is 12.6. The Balaban J connectivity index is 1.81. The second-order valence-corrected chi connectivity index (χ2v) is 5.71. The first kappa shape index (κ1) is 14.8. The van der Waals surface area contributed by atoms with Gasteiger partial charge in [0.2, 0.25) is 5.91 Å². The van der Waals surface area contributed by atoms with Gasteiger partial charge in [-0.1, -0.05) is 18.2 Å². The molecule has 22 heavy (non-hydrogen) atoms. The molecule has 116 valence electrons. The quantitative estimate of drug-likeness (QED) is 0.945. The van der Waals surface area contributed by atoms with E-state index in [4.69, 9.17) is 9.15 Å². The molecule has 1 atom stereocenters. The molecule has 5 heteroatoms. The van der Waals surface area contributed by atoms with Gasteiger partial charge in [0.25, 0.3) is 0 Å². The topological polar surface area (TPSA) is 51.5 Å². The fourth-order valence-electron chi connectivity index (χ4n) is 2.61. The number of benzene rings is 1. The Morgan fingerprint density at radius 2 is 2.00 bits per heavy atom. The van der Waals surface area contributed by atoms with Gasteiger partial charge in [0.1, 0.15) is 22.9 Å². The Morgan fingerprint density at radius 3 is 2.55 bits per heavy atom. The Kier molecular flexibility index (Phi) is 3.74. The van der Waals surface area contributed by atoms with Crippen LogP contribution in [0.1, 0.15) is 29.9 Å². The van der Waals surface area contributed by atoms with Gasteiger partial charge in [-0.3, -0.25) is 4.79 Å². The molecule has 2 aromatic rings. The molecule has 1 aliphatic heterocycles. The molecule has 3 rings (SSSR count). The molecule has 2 heterocycles. The zero-order chi connectivity index (χ0) is 15.7. The Bertz CT molecular complexity index is 691. The predicted octanol–water partition coefficient (Wildman–Crippen LogP) is 2.87. The lowest BCUT2D eigenvalue weighted by Gasteiger charge is -2.43. The molecule has 1 saturated heterocycles. The normalized spacial score (nSPS) is 17.6. The number of halogens is 1. The van der Waals surface area contributed by atoms with E-state index in [1.165, 1.54) is 6.07 Å². The van der Waals surface area contributed by atoms with Crippen molar-refractivity contribution in [2.45, 2.75) is 25.3 Å². The molecule has 0 spiro atoms. The number of amides is 1. The highest BCUT2D eigenvalue weighted by molar-refractivity contribution is 5.83. The summed E-state index contributed by atoms with van der Waals surface area (Å²) in [6.45, 7) is 4.13. The number of carbonyl (C=O) groups is 1. The summed E-state index contributed by atoms with van der Waals surface area (Å²) < 4.78 is 24.8. The van der Waals surface area contributed by atoms with E-state index in [-0.39, 0.29) is 24.9 Å². The van der Waals surface area contributed by atoms with E-state index in [0.717, 1.165) is 5.76 Å². The second-order valence-electron chi connectivity index (χ2n) is 5.71. The molecule has 4 nitrogen and oxygen atoms in total. The lowest BCUT2D eigenvalue weighted by Crippen LogP contribution is -2.60. The van der Waals surface area contributed by atoms with E-state index >= 15 is 0 Å². The molecule has 0 aliphatic carbocycles. The molecule has 1 aliphatic rings. The summed E-state index contributed by atoms with van der Waals surface area (Å²) >= 11 is 0. The van der Waals surface area contributed by atoms with Crippen LogP contribution in [0.2, 0.25) is 0 Å². The molecule has 1 unspecified atom stereocenters. The molecule has 1 N–H and O–H groups in total. The van der Waals surface area contributed by atoms with E-state index in [0.29, 0.717) is 11.3 Å². The van der Waals surface area contributed by atoms with E-state index in [9.17, 15) is 9.18 Å². The summed E-state index contributed by atoms with van der Waals surface area (Å²) in [4.78, 5) is 12.5. The number of carbonyl (C=O) groups excluding carboxylic acids is 1. The van der Waals surface area contributed by atoms with E-state index in [2.05, 4.69) is 5.32 Å². The van der Waals surface area contributed by atoms with E-state index < -0.39 is 11.5 Å². The number of rotatable bonds is 4. The molecule has 0 saturated carbocycles. The smallest absolute Gasteiger partial charge is 0.231 e. The van der Waals surface area contributed by atoms with Gasteiger partial charge < -0.3 is 14.5 Å². The highest BCUT2D eigenvalue weighted by Crippen LogP contribution is 2.32. The van der Waals surface area contributed by atoms with Crippen LogP contribution in [0.25, 0.3) is 0 Å². The minimum absolute atomic E-state index is 0.207. The monoisotopic (exact) mass is 303 g/mol. The van der Waals surface area contributed by atoms with Crippen molar-refractivity contribution in [3.63, 3.8) is 0 Å². The maximum atomic E-state index is 14.1. The van der Waals surface area contributed by atoms with Gasteiger partial charge in [-0.2, -0.15) is 0 Å². The first-order valence-electron chi connectivity index (χ1n) is 7.23. The van der Waals surface area contributed by atoms with E-state index in [1.807, 2.05) is 13.0 Å². The van der Waals surface area contributed by atoms with E-state index in [1.54, 1.807) is 31.2 Å². The molecule has 1 amide bonds. The number of nitrogens with one attached hydrogen (secondary N) is 1. The van der Waals surface area contributed by atoms with Crippen LogP contribution in [0, 0.1) is 12.7 Å². The van der Waals surface area contributed by atoms with Crippen molar-refractivity contribution in [2.75, 3.05) is 13.2 Å². The van der Waals surface area contributed by atoms with Crippen LogP contribution >= 0.6 is 0 Å². The Morgan fingerprint density at radius 1 is 1.27 bits per heavy atom. The van der Waals surface area contributed by atoms with Gasteiger partial charge in [-0.05, 0) is 32.0 Å². The Labute approximate surface area is 128 Å². The number of ether oxygens (including phenoxy) is 1. The van der Waals surface area contributed by atoms with Gasteiger partial charge >= 0.3 is 0 Å². The summed E-state index contributed by atoms with van der Waals surface area (Å²) in [6, 6.07) is 10.1. The van der Waals surface area contributed by atoms with Gasteiger partial charge in [-0.15, -0.1) is 0 Å². The van der Waals surface area contributed by atoms with Crippen LogP contribution in [0.15, 0.2) is 40.8 Å². The second kappa shape index (κ2) is 5.57. The van der Waals surface area contributed by atoms with Crippen LogP contribution < -0.4 is 5.32 Å². The number of furan rings is 1. The molecular formula is C17H18FNO3. The predicted molar refractivity (Wildman–Crippen MR) is 78.9 cm³/mol. The molecule has 1 fully saturated rings. The summed E-state index contributed by atoms with van der Waals surface area (Å²) in [5.74, 6) is 0.357. The van der Waals surface area contributed by atoms with Gasteiger partial charge in [0.05, 0.1) is 19.1 Å². The standard InChI is InChI=1S/C17H18FNO3/c1-11-7-8-15(22-11)12(2)16(20)19-17(9-21-10-17)13-5-3-4-6-14(13)18/h3-8,12H,9-10H2,1-2H3,(H,19,20). The van der Waals surface area contributed by atoms with Crippen molar-refractivity contribution in [3.05, 3.63) is 59.3 Å². The highest BCUT2D eigenvalue weighted by atomic mass is 19.1. The third-order valence-electron chi connectivity index (χ3n) is 4.03. The largest absolute Gasteiger partial charge is 0.466 e. The lowest BCUT2D eigenvalue weighted by molar-refractivity contribution is -0.135. The van der Waals surface area contributed by atoms with Crippen molar-refractivity contribution in [1.29, 1.82) is 0 Å². The fourth-order valence-corrected chi connectivity index (χ4v) is 2.61. The lowest BCUT2D eigenvalue weighted by atomic mass is 9.86. The number of hydrogen-bond acceptors (Lipinski definition) is 3. The SMILES string of the molecule is Cc1ccc(C(C)C(=O)NC2(c3ccccc3F)COC2)o1. The first-order valence-corrected chi connectivity index (χ1v) is 7.23. The zero-order valence-electron chi connectivity index (χ0n) is 12.6. The first-order chi connectivity index (χ1) is 10.5. The summed E-state index contributed by atoms with van der Waals surface area (Å²) in [5, 5.41) is 2.93. The molecule has 1 aromatic heterocycles. The van der Waals surface area contributed by atoms with Crippen LogP contribution in [0.3, 0.4) is 0 Å². The van der Waals surface area contributed by atoms with Crippen molar-refractivity contribution in [2.24, 2.45) is 0 Å². The van der Waals surface area contributed by atoms with Gasteiger partial charge in [0, 0.05) is 5.56 Å². The van der Waals surface area contributed by atoms with Crippen LogP contribution in [-0.2, 0) is 15.1 Å². The highest BCUT2D eigenvalue weighted by Gasteiger charge is 2.44. The Hall–Kier alpha value is -2.14. The molecular weight excluding hydrogens is 285 g/mol. The average molecular weight is 303 g/mol. The number of aryl methyl sites for hydroxylation is 1. The van der Waals surface area contributed by atoms with Crippen molar-refractivity contribution in [1.82, 2.24) is 5.32 Å². The third kappa shape index (κ3) is 2.52. The maximum absolute atomic E-state index is 14.1. The van der Waals surface area contributed by atoms with Crippen LogP contribution in [0.5, 0.6) is 0 Å². The fraction of sp³-hybridized carbons (Fsp3) is 0.353. The van der Waals surface area contributed by atoms with Gasteiger partial charge in [0.15, 0.2) is 0 Å². The third-order valence-corrected chi connectivity index (χ3v) is 4.03. The van der Waals surface area contributed by atoms with Crippen LogP contribution in [-0.4, -0.2) is 19.1 Å². The summed E-state index contributed by atoms with van der Waals surface area (Å²) in [5.41, 5.74) is -0.337. The molecule has 0 radical (unpaired) electrons. The van der Waals surface area contributed by atoms with Crippen LogP contribution in [0.4, 0.5) is 4.39 Å². The molecule has 1 aromatic carbocycles.